The van der Waals surface area contributed by atoms with E-state index in [1.165, 1.54) is 38.5 Å². The molecule has 2 aliphatic carbocycles. The number of hydrogen-bond donors (Lipinski definition) is 1. The van der Waals surface area contributed by atoms with Crippen molar-refractivity contribution in [3.05, 3.63) is 0 Å². The lowest BCUT2D eigenvalue weighted by Gasteiger charge is -2.35. The van der Waals surface area contributed by atoms with E-state index in [-0.39, 0.29) is 6.10 Å². The third-order valence-corrected chi connectivity index (χ3v) is 3.49. The van der Waals surface area contributed by atoms with Gasteiger partial charge in [-0.3, -0.25) is 0 Å². The molecule has 2 rings (SSSR count). The first-order chi connectivity index (χ1) is 5.36. The molecule has 2 fully saturated rings. The summed E-state index contributed by atoms with van der Waals surface area (Å²) in [6, 6.07) is 0. The van der Waals surface area contributed by atoms with Gasteiger partial charge in [-0.25, -0.2) is 0 Å². The number of aliphatic hydroxyl groups is 1. The van der Waals surface area contributed by atoms with Crippen LogP contribution in [0.5, 0.6) is 0 Å². The van der Waals surface area contributed by atoms with Gasteiger partial charge in [0.15, 0.2) is 0 Å². The molecule has 1 nitrogen and oxygen atoms in total. The van der Waals surface area contributed by atoms with Gasteiger partial charge >= 0.3 is 0 Å². The minimum Gasteiger partial charge on any atom is -0.393 e. The molecule has 1 N–H and O–H groups in total. The topological polar surface area (TPSA) is 20.2 Å². The van der Waals surface area contributed by atoms with Gasteiger partial charge in [0.2, 0.25) is 0 Å². The summed E-state index contributed by atoms with van der Waals surface area (Å²) in [5.74, 6) is 1.56. The quantitative estimate of drug-likeness (QED) is 0.661. The van der Waals surface area contributed by atoms with Crippen molar-refractivity contribution in [2.75, 3.05) is 0 Å². The summed E-state index contributed by atoms with van der Waals surface area (Å²) in [5.41, 5.74) is 0. The van der Waals surface area contributed by atoms with Crippen molar-refractivity contribution in [2.45, 2.75) is 51.0 Å². The van der Waals surface area contributed by atoms with E-state index in [2.05, 4.69) is 0 Å². The van der Waals surface area contributed by atoms with Crippen LogP contribution >= 0.6 is 0 Å². The van der Waals surface area contributed by atoms with Crippen LogP contribution in [0.4, 0.5) is 0 Å². The molecule has 0 aromatic rings. The van der Waals surface area contributed by atoms with Crippen molar-refractivity contribution in [1.82, 2.24) is 0 Å². The molecular formula is C10H18O. The fraction of sp³-hybridized carbons (Fsp3) is 1.00. The van der Waals surface area contributed by atoms with Crippen LogP contribution < -0.4 is 0 Å². The molecule has 0 heterocycles. The normalized spacial score (nSPS) is 29.2. The summed E-state index contributed by atoms with van der Waals surface area (Å²) in [7, 11) is 0. The van der Waals surface area contributed by atoms with E-state index in [4.69, 9.17) is 0 Å². The Kier molecular flexibility index (Phi) is 2.17. The van der Waals surface area contributed by atoms with Crippen molar-refractivity contribution in [1.29, 1.82) is 0 Å². The Morgan fingerprint density at radius 3 is 2.09 bits per heavy atom. The number of hydrogen-bond acceptors (Lipinski definition) is 1. The molecule has 11 heavy (non-hydrogen) atoms. The summed E-state index contributed by atoms with van der Waals surface area (Å²) in [5, 5.41) is 9.70. The lowest BCUT2D eigenvalue weighted by atomic mass is 9.74. The van der Waals surface area contributed by atoms with Crippen LogP contribution in [0.1, 0.15) is 44.9 Å². The first kappa shape index (κ1) is 7.60. The van der Waals surface area contributed by atoms with E-state index in [1.807, 2.05) is 0 Å². The Bertz CT molecular complexity index is 125. The molecule has 0 amide bonds. The third kappa shape index (κ3) is 1.58. The SMILES string of the molecule is OC(CC1CCC1)C1CCC1. The Morgan fingerprint density at radius 1 is 1.09 bits per heavy atom. The van der Waals surface area contributed by atoms with Gasteiger partial charge < -0.3 is 5.11 Å². The van der Waals surface area contributed by atoms with E-state index in [0.29, 0.717) is 5.92 Å². The monoisotopic (exact) mass is 154 g/mol. The van der Waals surface area contributed by atoms with Crippen molar-refractivity contribution < 1.29 is 5.11 Å². The number of aliphatic hydroxyl groups excluding tert-OH is 1. The Balaban J connectivity index is 1.67. The molecule has 0 aliphatic heterocycles. The Morgan fingerprint density at radius 2 is 1.73 bits per heavy atom. The fourth-order valence-electron chi connectivity index (χ4n) is 2.09. The van der Waals surface area contributed by atoms with E-state index >= 15 is 0 Å². The van der Waals surface area contributed by atoms with Crippen LogP contribution in [0.25, 0.3) is 0 Å². The average Bonchev–Trinajstić information content (AvgIpc) is 1.74. The molecule has 2 aliphatic rings. The van der Waals surface area contributed by atoms with Crippen molar-refractivity contribution in [3.8, 4) is 0 Å². The lowest BCUT2D eigenvalue weighted by Crippen LogP contribution is -2.30. The van der Waals surface area contributed by atoms with Crippen LogP contribution in [0, 0.1) is 11.8 Å². The van der Waals surface area contributed by atoms with E-state index < -0.39 is 0 Å². The van der Waals surface area contributed by atoms with Crippen LogP contribution in [-0.4, -0.2) is 11.2 Å². The Labute approximate surface area is 68.8 Å². The van der Waals surface area contributed by atoms with Gasteiger partial charge in [-0.1, -0.05) is 25.7 Å². The molecule has 1 atom stereocenters. The molecule has 64 valence electrons. The van der Waals surface area contributed by atoms with Crippen molar-refractivity contribution in [3.63, 3.8) is 0 Å². The molecule has 0 spiro atoms. The highest BCUT2D eigenvalue weighted by Crippen LogP contribution is 2.37. The maximum atomic E-state index is 9.70. The predicted molar refractivity (Wildman–Crippen MR) is 45.3 cm³/mol. The maximum Gasteiger partial charge on any atom is 0.0571 e. The van der Waals surface area contributed by atoms with Gasteiger partial charge in [0, 0.05) is 0 Å². The zero-order valence-corrected chi connectivity index (χ0v) is 7.13. The van der Waals surface area contributed by atoms with E-state index in [9.17, 15) is 5.11 Å². The van der Waals surface area contributed by atoms with Crippen LogP contribution in [0.3, 0.4) is 0 Å². The smallest absolute Gasteiger partial charge is 0.0571 e. The van der Waals surface area contributed by atoms with Gasteiger partial charge in [0.05, 0.1) is 6.10 Å². The van der Waals surface area contributed by atoms with Gasteiger partial charge in [-0.15, -0.1) is 0 Å². The second kappa shape index (κ2) is 3.14. The number of rotatable bonds is 3. The molecule has 0 saturated heterocycles. The third-order valence-electron chi connectivity index (χ3n) is 3.49. The second-order valence-electron chi connectivity index (χ2n) is 4.29. The fourth-order valence-corrected chi connectivity index (χ4v) is 2.09. The molecule has 0 bridgehead atoms. The Hall–Kier alpha value is -0.0400. The molecule has 0 radical (unpaired) electrons. The summed E-state index contributed by atoms with van der Waals surface area (Å²) in [6.07, 6.45) is 9.24. The van der Waals surface area contributed by atoms with Crippen molar-refractivity contribution in [2.24, 2.45) is 11.8 Å². The van der Waals surface area contributed by atoms with Crippen LogP contribution in [-0.2, 0) is 0 Å². The summed E-state index contributed by atoms with van der Waals surface area (Å²) >= 11 is 0. The first-order valence-electron chi connectivity index (χ1n) is 5.04. The zero-order chi connectivity index (χ0) is 7.68. The standard InChI is InChI=1S/C10H18O/c11-10(9-5-2-6-9)7-8-3-1-4-8/h8-11H,1-7H2. The summed E-state index contributed by atoms with van der Waals surface area (Å²) < 4.78 is 0. The maximum absolute atomic E-state index is 9.70. The van der Waals surface area contributed by atoms with Crippen LogP contribution in [0.15, 0.2) is 0 Å². The molecule has 2 saturated carbocycles. The van der Waals surface area contributed by atoms with Crippen molar-refractivity contribution >= 4 is 0 Å². The minimum atomic E-state index is 0.0500. The predicted octanol–water partition coefficient (Wildman–Crippen LogP) is 2.34. The van der Waals surface area contributed by atoms with Gasteiger partial charge in [0.1, 0.15) is 0 Å². The van der Waals surface area contributed by atoms with Gasteiger partial charge in [0.25, 0.3) is 0 Å². The lowest BCUT2D eigenvalue weighted by molar-refractivity contribution is 0.0310. The highest BCUT2D eigenvalue weighted by molar-refractivity contribution is 4.81. The second-order valence-corrected chi connectivity index (χ2v) is 4.29. The van der Waals surface area contributed by atoms with Crippen LogP contribution in [0.2, 0.25) is 0 Å². The molecule has 0 aromatic carbocycles. The van der Waals surface area contributed by atoms with Gasteiger partial charge in [-0.2, -0.15) is 0 Å². The summed E-state index contributed by atoms with van der Waals surface area (Å²) in [4.78, 5) is 0. The molecule has 1 heteroatoms. The minimum absolute atomic E-state index is 0.0500. The zero-order valence-electron chi connectivity index (χ0n) is 7.13. The van der Waals surface area contributed by atoms with Gasteiger partial charge in [-0.05, 0) is 31.1 Å². The average molecular weight is 154 g/mol. The first-order valence-corrected chi connectivity index (χ1v) is 5.04. The largest absolute Gasteiger partial charge is 0.393 e. The molecule has 1 unspecified atom stereocenters. The van der Waals surface area contributed by atoms with E-state index in [1.54, 1.807) is 0 Å². The molecular weight excluding hydrogens is 136 g/mol. The van der Waals surface area contributed by atoms with E-state index in [0.717, 1.165) is 12.3 Å². The summed E-state index contributed by atoms with van der Waals surface area (Å²) in [6.45, 7) is 0. The highest BCUT2D eigenvalue weighted by Gasteiger charge is 2.29. The highest BCUT2D eigenvalue weighted by atomic mass is 16.3. The molecule has 0 aromatic heterocycles.